The van der Waals surface area contributed by atoms with E-state index in [0.717, 1.165) is 11.1 Å². The molecule has 3 N–H and O–H groups in total. The number of anilines is 1. The fraction of sp³-hybridized carbons (Fsp3) is 0.500. The van der Waals surface area contributed by atoms with Crippen LogP contribution < -0.4 is 10.6 Å². The highest BCUT2D eigenvalue weighted by Gasteiger charge is 2.21. The Hall–Kier alpha value is -1.15. The fourth-order valence-corrected chi connectivity index (χ4v) is 3.13. The van der Waals surface area contributed by atoms with Gasteiger partial charge in [0.2, 0.25) is 0 Å². The fourth-order valence-electron chi connectivity index (χ4n) is 1.88. The Bertz CT molecular complexity index is 543. The summed E-state index contributed by atoms with van der Waals surface area (Å²) in [6.07, 6.45) is 0. The monoisotopic (exact) mass is 285 g/mol. The van der Waals surface area contributed by atoms with Crippen molar-refractivity contribution in [2.45, 2.75) is 18.7 Å². The summed E-state index contributed by atoms with van der Waals surface area (Å²) in [5.41, 5.74) is 8.08. The first-order chi connectivity index (χ1) is 8.90. The van der Waals surface area contributed by atoms with E-state index in [1.165, 1.54) is 6.07 Å². The van der Waals surface area contributed by atoms with Crippen molar-refractivity contribution in [1.82, 2.24) is 9.84 Å². The molecule has 0 bridgehead atoms. The minimum absolute atomic E-state index is 0.194. The van der Waals surface area contributed by atoms with E-state index in [4.69, 9.17) is 10.5 Å². The van der Waals surface area contributed by atoms with Crippen molar-refractivity contribution in [1.29, 1.82) is 0 Å². The summed E-state index contributed by atoms with van der Waals surface area (Å²) in [6.45, 7) is 5.85. The zero-order valence-corrected chi connectivity index (χ0v) is 12.0. The van der Waals surface area contributed by atoms with E-state index in [9.17, 15) is 8.42 Å². The summed E-state index contributed by atoms with van der Waals surface area (Å²) in [5.74, 6) is 0. The van der Waals surface area contributed by atoms with Gasteiger partial charge in [0.25, 0.3) is 10.0 Å². The molecule has 1 aromatic rings. The number of sulfonamides is 1. The molecule has 1 aromatic carbocycles. The molecular formula is C12H19N3O3S. The Balaban J connectivity index is 2.24. The van der Waals surface area contributed by atoms with Crippen LogP contribution in [0.5, 0.6) is 0 Å². The zero-order valence-electron chi connectivity index (χ0n) is 11.1. The summed E-state index contributed by atoms with van der Waals surface area (Å²) >= 11 is 0. The highest BCUT2D eigenvalue weighted by molar-refractivity contribution is 7.89. The highest BCUT2D eigenvalue weighted by Crippen LogP contribution is 2.21. The Morgan fingerprint density at radius 1 is 1.26 bits per heavy atom. The summed E-state index contributed by atoms with van der Waals surface area (Å²) < 4.78 is 29.7. The minimum Gasteiger partial charge on any atom is -0.398 e. The quantitative estimate of drug-likeness (QED) is 0.786. The molecule has 0 saturated carbocycles. The molecule has 1 saturated heterocycles. The molecule has 19 heavy (non-hydrogen) atoms. The van der Waals surface area contributed by atoms with Crippen LogP contribution in [0.3, 0.4) is 0 Å². The molecule has 0 spiro atoms. The SMILES string of the molecule is Cc1cc(S(=O)(=O)NN2CCOCC2)cc(N)c1C. The molecule has 0 aliphatic carbocycles. The third-order valence-electron chi connectivity index (χ3n) is 3.25. The normalized spacial score (nSPS) is 17.6. The molecule has 0 unspecified atom stereocenters. The van der Waals surface area contributed by atoms with Gasteiger partial charge in [0.05, 0.1) is 18.1 Å². The number of aryl methyl sites for hydroxylation is 1. The highest BCUT2D eigenvalue weighted by atomic mass is 32.2. The van der Waals surface area contributed by atoms with Gasteiger partial charge in [-0.2, -0.15) is 0 Å². The van der Waals surface area contributed by atoms with Gasteiger partial charge >= 0.3 is 0 Å². The molecule has 1 aliphatic rings. The lowest BCUT2D eigenvalue weighted by Crippen LogP contribution is -2.48. The van der Waals surface area contributed by atoms with Crippen LogP contribution in [0.4, 0.5) is 5.69 Å². The smallest absolute Gasteiger partial charge is 0.253 e. The van der Waals surface area contributed by atoms with Gasteiger partial charge in [-0.1, -0.05) is 0 Å². The molecular weight excluding hydrogens is 266 g/mol. The summed E-state index contributed by atoms with van der Waals surface area (Å²) in [4.78, 5) is 2.75. The number of nitrogens with two attached hydrogens (primary N) is 1. The molecule has 0 amide bonds. The molecule has 0 atom stereocenters. The van der Waals surface area contributed by atoms with Crippen molar-refractivity contribution in [2.24, 2.45) is 0 Å². The number of hydrogen-bond donors (Lipinski definition) is 2. The number of rotatable bonds is 3. The van der Waals surface area contributed by atoms with Gasteiger partial charge in [-0.15, -0.1) is 4.83 Å². The molecule has 1 aliphatic heterocycles. The molecule has 106 valence electrons. The molecule has 7 heteroatoms. The molecule has 0 aromatic heterocycles. The Labute approximate surface area is 113 Å². The van der Waals surface area contributed by atoms with Crippen molar-refractivity contribution >= 4 is 15.7 Å². The second kappa shape index (κ2) is 5.46. The van der Waals surface area contributed by atoms with Gasteiger partial charge in [-0.3, -0.25) is 0 Å². The van der Waals surface area contributed by atoms with Crippen molar-refractivity contribution < 1.29 is 13.2 Å². The summed E-state index contributed by atoms with van der Waals surface area (Å²) in [5, 5.41) is 1.64. The average Bonchev–Trinajstić information content (AvgIpc) is 2.36. The molecule has 6 nitrogen and oxygen atoms in total. The van der Waals surface area contributed by atoms with Gasteiger partial charge in [0.15, 0.2) is 0 Å². The van der Waals surface area contributed by atoms with E-state index in [-0.39, 0.29) is 4.90 Å². The molecule has 0 radical (unpaired) electrons. The van der Waals surface area contributed by atoms with Crippen molar-refractivity contribution in [3.63, 3.8) is 0 Å². The predicted octanol–water partition coefficient (Wildman–Crippen LogP) is 0.411. The van der Waals surface area contributed by atoms with Crippen molar-refractivity contribution in [2.75, 3.05) is 32.0 Å². The van der Waals surface area contributed by atoms with E-state index in [1.807, 2.05) is 13.8 Å². The van der Waals surface area contributed by atoms with Crippen LogP contribution in [0, 0.1) is 13.8 Å². The van der Waals surface area contributed by atoms with Crippen molar-refractivity contribution in [3.05, 3.63) is 23.3 Å². The number of nitrogens with one attached hydrogen (secondary N) is 1. The third kappa shape index (κ3) is 3.24. The third-order valence-corrected chi connectivity index (χ3v) is 4.61. The Kier molecular flexibility index (Phi) is 4.10. The van der Waals surface area contributed by atoms with Gasteiger partial charge in [-0.25, -0.2) is 13.4 Å². The molecule has 1 fully saturated rings. The van der Waals surface area contributed by atoms with Crippen LogP contribution in [0.2, 0.25) is 0 Å². The van der Waals surface area contributed by atoms with Crippen LogP contribution in [-0.4, -0.2) is 39.7 Å². The predicted molar refractivity (Wildman–Crippen MR) is 73.0 cm³/mol. The molecule has 2 rings (SSSR count). The second-order valence-electron chi connectivity index (χ2n) is 4.65. The Morgan fingerprint density at radius 3 is 2.47 bits per heavy atom. The zero-order chi connectivity index (χ0) is 14.0. The first-order valence-electron chi connectivity index (χ1n) is 6.12. The van der Waals surface area contributed by atoms with Crippen LogP contribution in [0.1, 0.15) is 11.1 Å². The number of ether oxygens (including phenoxy) is 1. The van der Waals surface area contributed by atoms with Crippen LogP contribution >= 0.6 is 0 Å². The maximum absolute atomic E-state index is 12.3. The molecule has 1 heterocycles. The number of benzene rings is 1. The van der Waals surface area contributed by atoms with Crippen molar-refractivity contribution in [3.8, 4) is 0 Å². The Morgan fingerprint density at radius 2 is 1.89 bits per heavy atom. The number of nitrogens with zero attached hydrogens (tertiary/aromatic N) is 1. The maximum atomic E-state index is 12.3. The standard InChI is InChI=1S/C12H19N3O3S/c1-9-7-11(8-12(13)10(9)2)19(16,17)14-15-3-5-18-6-4-15/h7-8,14H,3-6,13H2,1-2H3. The van der Waals surface area contributed by atoms with Crippen LogP contribution in [-0.2, 0) is 14.8 Å². The first-order valence-corrected chi connectivity index (χ1v) is 7.60. The number of nitrogen functional groups attached to an aromatic ring is 1. The maximum Gasteiger partial charge on any atom is 0.253 e. The van der Waals surface area contributed by atoms with E-state index in [2.05, 4.69) is 4.83 Å². The number of hydrogen-bond acceptors (Lipinski definition) is 5. The number of hydrazine groups is 1. The average molecular weight is 285 g/mol. The summed E-state index contributed by atoms with van der Waals surface area (Å²) in [7, 11) is -3.58. The van der Waals surface area contributed by atoms with Crippen LogP contribution in [0.15, 0.2) is 17.0 Å². The van der Waals surface area contributed by atoms with Gasteiger partial charge in [-0.05, 0) is 37.1 Å². The first kappa shape index (κ1) is 14.3. The van der Waals surface area contributed by atoms with Gasteiger partial charge < -0.3 is 10.5 Å². The van der Waals surface area contributed by atoms with E-state index in [1.54, 1.807) is 11.1 Å². The lowest BCUT2D eigenvalue weighted by atomic mass is 10.1. The van der Waals surface area contributed by atoms with E-state index >= 15 is 0 Å². The number of morpholine rings is 1. The van der Waals surface area contributed by atoms with Gasteiger partial charge in [0, 0.05) is 18.8 Å². The lowest BCUT2D eigenvalue weighted by molar-refractivity contribution is 0.0272. The van der Waals surface area contributed by atoms with E-state index < -0.39 is 10.0 Å². The largest absolute Gasteiger partial charge is 0.398 e. The van der Waals surface area contributed by atoms with Gasteiger partial charge in [0.1, 0.15) is 0 Å². The topological polar surface area (TPSA) is 84.7 Å². The lowest BCUT2D eigenvalue weighted by Gasteiger charge is -2.26. The minimum atomic E-state index is -3.58. The summed E-state index contributed by atoms with van der Waals surface area (Å²) in [6, 6.07) is 3.12. The second-order valence-corrected chi connectivity index (χ2v) is 6.31. The van der Waals surface area contributed by atoms with Crippen LogP contribution in [0.25, 0.3) is 0 Å². The van der Waals surface area contributed by atoms with E-state index in [0.29, 0.717) is 32.0 Å².